The molecule has 0 bridgehead atoms. The number of carboxylic acids is 1. The Hall–Kier alpha value is -4.25. The number of halogens is 1. The van der Waals surface area contributed by atoms with E-state index in [4.69, 9.17) is 8.95 Å². The third kappa shape index (κ3) is 7.51. The van der Waals surface area contributed by atoms with Gasteiger partial charge in [-0.2, -0.15) is 0 Å². The van der Waals surface area contributed by atoms with Crippen molar-refractivity contribution in [3.05, 3.63) is 121 Å². The summed E-state index contributed by atoms with van der Waals surface area (Å²) in [6.45, 7) is 10.4. The van der Waals surface area contributed by atoms with Crippen LogP contribution in [0.5, 0.6) is 0 Å². The highest BCUT2D eigenvalue weighted by atomic mass is 31.2. The van der Waals surface area contributed by atoms with Crippen molar-refractivity contribution in [2.45, 2.75) is 58.2 Å². The Morgan fingerprint density at radius 2 is 1.45 bits per heavy atom. The highest BCUT2D eigenvalue weighted by molar-refractivity contribution is 7.64. The minimum atomic E-state index is -3.81. The minimum Gasteiger partial charge on any atom is -0.481 e. The zero-order valence-electron chi connectivity index (χ0n) is 28.8. The first-order valence-corrected chi connectivity index (χ1v) is 20.1. The lowest BCUT2D eigenvalue weighted by molar-refractivity contribution is -0.138. The number of hydrogen-bond acceptors (Lipinski definition) is 4. The van der Waals surface area contributed by atoms with Crippen LogP contribution in [0.25, 0.3) is 22.0 Å². The molecule has 0 aliphatic carbocycles. The lowest BCUT2D eigenvalue weighted by Gasteiger charge is -2.45. The van der Waals surface area contributed by atoms with Crippen LogP contribution in [0.1, 0.15) is 52.8 Å². The summed E-state index contributed by atoms with van der Waals surface area (Å²) in [5, 5.41) is 12.6. The van der Waals surface area contributed by atoms with Gasteiger partial charge in [0.05, 0.1) is 18.7 Å². The molecule has 0 radical (unpaired) electrons. The Labute approximate surface area is 289 Å². The van der Waals surface area contributed by atoms with Crippen LogP contribution < -0.4 is 10.4 Å². The van der Waals surface area contributed by atoms with E-state index in [0.29, 0.717) is 5.69 Å². The molecule has 0 saturated carbocycles. The van der Waals surface area contributed by atoms with Crippen LogP contribution in [0, 0.1) is 17.4 Å². The van der Waals surface area contributed by atoms with Crippen molar-refractivity contribution in [3.63, 3.8) is 0 Å². The Bertz CT molecular complexity index is 1990. The molecule has 1 aromatic heterocycles. The fraction of sp³-hybridized carbons (Fsp3) is 0.275. The van der Waals surface area contributed by atoms with Crippen LogP contribution in [0.15, 0.2) is 109 Å². The Morgan fingerprint density at radius 3 is 1.96 bits per heavy atom. The predicted octanol–water partition coefficient (Wildman–Crippen LogP) is 8.68. The van der Waals surface area contributed by atoms with Crippen molar-refractivity contribution in [1.29, 1.82) is 0 Å². The molecule has 1 N–H and O–H groups in total. The van der Waals surface area contributed by atoms with E-state index >= 15 is 0 Å². The number of carboxylic acid groups (broad SMARTS) is 1. The van der Waals surface area contributed by atoms with Gasteiger partial charge in [-0.25, -0.2) is 4.39 Å². The molecular weight excluding hydrogens is 652 g/mol. The second-order valence-electron chi connectivity index (χ2n) is 13.5. The molecule has 0 fully saturated rings. The molecule has 6 nitrogen and oxygen atoms in total. The first-order chi connectivity index (χ1) is 23.3. The van der Waals surface area contributed by atoms with Gasteiger partial charge in [0.2, 0.25) is 0 Å². The average molecular weight is 696 g/mol. The molecule has 0 amide bonds. The first-order valence-electron chi connectivity index (χ1n) is 16.4. The molecule has 1 unspecified atom stereocenters. The van der Waals surface area contributed by atoms with Crippen LogP contribution in [-0.2, 0) is 18.3 Å². The minimum absolute atomic E-state index is 0.0106. The van der Waals surface area contributed by atoms with E-state index in [1.54, 1.807) is 12.1 Å². The third-order valence-electron chi connectivity index (χ3n) is 8.81. The third-order valence-corrected chi connectivity index (χ3v) is 15.8. The highest BCUT2D eigenvalue weighted by Gasteiger charge is 2.52. The van der Waals surface area contributed by atoms with Gasteiger partial charge in [-0.3, -0.25) is 9.36 Å². The smallest absolute Gasteiger partial charge is 0.305 e. The van der Waals surface area contributed by atoms with Crippen molar-refractivity contribution in [3.8, 4) is 22.7 Å². The number of para-hydroxylation sites is 1. The van der Waals surface area contributed by atoms with E-state index in [1.165, 1.54) is 19.2 Å². The molecule has 4 aromatic carbocycles. The van der Waals surface area contributed by atoms with Crippen molar-refractivity contribution in [2.75, 3.05) is 13.3 Å². The van der Waals surface area contributed by atoms with Crippen LogP contribution in [-0.4, -0.2) is 43.3 Å². The Morgan fingerprint density at radius 1 is 0.898 bits per heavy atom. The van der Waals surface area contributed by atoms with Gasteiger partial charge in [-0.1, -0.05) is 112 Å². The molecule has 9 heteroatoms. The maximum Gasteiger partial charge on any atom is 0.305 e. The number of aromatic nitrogens is 1. The van der Waals surface area contributed by atoms with E-state index in [9.17, 15) is 18.9 Å². The summed E-state index contributed by atoms with van der Waals surface area (Å²) in [6.07, 6.45) is -1.58. The Kier molecular flexibility index (Phi) is 10.8. The Balaban J connectivity index is 1.65. The number of aliphatic carboxylic acids is 1. The lowest BCUT2D eigenvalue weighted by Crippen LogP contribution is -2.68. The molecule has 0 saturated heterocycles. The number of rotatable bonds is 11. The largest absolute Gasteiger partial charge is 0.481 e. The summed E-state index contributed by atoms with van der Waals surface area (Å²) < 4.78 is 43.5. The van der Waals surface area contributed by atoms with Gasteiger partial charge in [0.1, 0.15) is 11.5 Å². The van der Waals surface area contributed by atoms with Crippen molar-refractivity contribution in [2.24, 2.45) is 0 Å². The fourth-order valence-corrected chi connectivity index (χ4v) is 12.9. The lowest BCUT2D eigenvalue weighted by atomic mass is 10.0. The normalized spacial score (nSPS) is 13.9. The van der Waals surface area contributed by atoms with Gasteiger partial charge >= 0.3 is 5.97 Å². The summed E-state index contributed by atoms with van der Waals surface area (Å²) in [6, 6.07) is 33.9. The monoisotopic (exact) mass is 695 g/mol. The molecule has 49 heavy (non-hydrogen) atoms. The van der Waals surface area contributed by atoms with Crippen LogP contribution in [0.3, 0.4) is 0 Å². The number of hydrogen-bond donors (Lipinski definition) is 1. The summed E-state index contributed by atoms with van der Waals surface area (Å²) in [4.78, 5) is 12.4. The molecule has 0 aliphatic heterocycles. The number of fused-ring (bicyclic) bond motifs is 1. The zero-order valence-corrected chi connectivity index (χ0v) is 30.7. The standard InChI is InChI=1S/C40H43FNO5PSi/c1-29(2)42-36-20-14-13-19-35(36)39(30-21-23-31(41)24-22-30)37(42)25-26-48(45,46-6)28-32(27-38(43)44)47-49(40(3,4)5,33-15-9-7-10-16-33)34-17-11-8-12-18-34/h7-24,29,32H,27-28H2,1-6H3,(H,43,44)/t32-,48?/m0/s1. The second-order valence-corrected chi connectivity index (χ2v) is 20.0. The molecule has 254 valence electrons. The summed E-state index contributed by atoms with van der Waals surface area (Å²) in [5.74, 6) is 1.79. The van der Waals surface area contributed by atoms with Crippen molar-refractivity contribution < 1.29 is 27.8 Å². The summed E-state index contributed by atoms with van der Waals surface area (Å²) >= 11 is 0. The van der Waals surface area contributed by atoms with Crippen LogP contribution in [0.4, 0.5) is 4.39 Å². The molecule has 2 atom stereocenters. The molecular formula is C40H43FNO5PSi. The fourth-order valence-electron chi connectivity index (χ4n) is 6.68. The van der Waals surface area contributed by atoms with Gasteiger partial charge in [-0.15, -0.1) is 0 Å². The number of benzene rings is 4. The van der Waals surface area contributed by atoms with Gasteiger partial charge < -0.3 is 18.6 Å². The summed E-state index contributed by atoms with van der Waals surface area (Å²) in [5.41, 5.74) is 6.10. The maximum atomic E-state index is 14.6. The molecule has 5 aromatic rings. The molecule has 0 spiro atoms. The average Bonchev–Trinajstić information content (AvgIpc) is 3.41. The second kappa shape index (κ2) is 14.7. The zero-order chi connectivity index (χ0) is 35.4. The molecule has 5 rings (SSSR count). The van der Waals surface area contributed by atoms with Crippen molar-refractivity contribution >= 4 is 42.9 Å². The van der Waals surface area contributed by atoms with Crippen molar-refractivity contribution in [1.82, 2.24) is 4.57 Å². The quantitative estimate of drug-likeness (QED) is 0.0850. The van der Waals surface area contributed by atoms with Gasteiger partial charge in [-0.05, 0) is 64.6 Å². The molecule has 0 aliphatic rings. The predicted molar refractivity (Wildman–Crippen MR) is 199 cm³/mol. The van der Waals surface area contributed by atoms with Crippen LogP contribution in [0.2, 0.25) is 5.04 Å². The van der Waals surface area contributed by atoms with E-state index in [-0.39, 0.29) is 24.4 Å². The summed E-state index contributed by atoms with van der Waals surface area (Å²) in [7, 11) is -5.68. The van der Waals surface area contributed by atoms with E-state index in [2.05, 4.69) is 36.9 Å². The van der Waals surface area contributed by atoms with E-state index < -0.39 is 32.8 Å². The number of carbonyl (C=O) groups is 1. The van der Waals surface area contributed by atoms with Crippen LogP contribution >= 0.6 is 7.37 Å². The SMILES string of the molecule is COP(=O)(C#Cc1c(-c2ccc(F)cc2)c2ccccc2n1C(C)C)C[C@H](CC(=O)O)O[Si](c1ccccc1)(c1ccccc1)C(C)(C)C. The topological polar surface area (TPSA) is 77.8 Å². The van der Waals surface area contributed by atoms with Gasteiger partial charge in [0, 0.05) is 29.6 Å². The maximum absolute atomic E-state index is 14.6. The van der Waals surface area contributed by atoms with Gasteiger partial charge in [0.25, 0.3) is 15.7 Å². The first kappa shape index (κ1) is 36.0. The number of nitrogens with zero attached hydrogens (tertiary/aromatic N) is 1. The molecule has 1 heterocycles. The van der Waals surface area contributed by atoms with E-state index in [0.717, 1.165) is 32.4 Å². The highest BCUT2D eigenvalue weighted by Crippen LogP contribution is 2.48. The van der Waals surface area contributed by atoms with Gasteiger partial charge in [0.15, 0.2) is 0 Å². The van der Waals surface area contributed by atoms with E-state index in [1.807, 2.05) is 98.8 Å².